The number of methoxy groups -OCH3 is 1. The maximum atomic E-state index is 11.9. The molecule has 0 radical (unpaired) electrons. The van der Waals surface area contributed by atoms with E-state index in [4.69, 9.17) is 9.26 Å². The fourth-order valence-electron chi connectivity index (χ4n) is 1.62. The molecule has 7 nitrogen and oxygen atoms in total. The molecule has 0 aliphatic heterocycles. The second-order valence-electron chi connectivity index (χ2n) is 4.55. The van der Waals surface area contributed by atoms with E-state index in [9.17, 15) is 4.79 Å². The number of nitrogens with zero attached hydrogens (tertiary/aromatic N) is 2. The van der Waals surface area contributed by atoms with Gasteiger partial charge < -0.3 is 19.9 Å². The lowest BCUT2D eigenvalue weighted by Crippen LogP contribution is -2.37. The van der Waals surface area contributed by atoms with Gasteiger partial charge in [0.1, 0.15) is 5.75 Å². The first-order chi connectivity index (χ1) is 10.1. The van der Waals surface area contributed by atoms with E-state index < -0.39 is 0 Å². The van der Waals surface area contributed by atoms with Gasteiger partial charge in [-0.15, -0.1) is 0 Å². The summed E-state index contributed by atoms with van der Waals surface area (Å²) in [6.45, 7) is 2.44. The monoisotopic (exact) mass is 290 g/mol. The van der Waals surface area contributed by atoms with Crippen LogP contribution in [0.4, 0.5) is 0 Å². The number of carbonyl (C=O) groups is 1. The van der Waals surface area contributed by atoms with Crippen LogP contribution in [-0.2, 0) is 0 Å². The van der Waals surface area contributed by atoms with Gasteiger partial charge in [0.2, 0.25) is 0 Å². The minimum Gasteiger partial charge on any atom is -0.497 e. The third-order valence-corrected chi connectivity index (χ3v) is 3.01. The third-order valence-electron chi connectivity index (χ3n) is 3.01. The second-order valence-corrected chi connectivity index (χ2v) is 4.55. The summed E-state index contributed by atoms with van der Waals surface area (Å²) in [5, 5.41) is 9.44. The lowest BCUT2D eigenvalue weighted by atomic mass is 10.2. The lowest BCUT2D eigenvalue weighted by molar-refractivity contribution is 0.0937. The van der Waals surface area contributed by atoms with Gasteiger partial charge in [-0.25, -0.2) is 0 Å². The average molecular weight is 290 g/mol. The van der Waals surface area contributed by atoms with Crippen molar-refractivity contribution in [2.45, 2.75) is 13.0 Å². The molecule has 0 bridgehead atoms. The van der Waals surface area contributed by atoms with Gasteiger partial charge in [0, 0.05) is 18.2 Å². The highest BCUT2D eigenvalue weighted by Gasteiger charge is 2.16. The van der Waals surface area contributed by atoms with E-state index in [0.29, 0.717) is 17.9 Å². The molecule has 1 unspecified atom stereocenters. The quantitative estimate of drug-likeness (QED) is 0.827. The Morgan fingerprint density at radius 2 is 2.29 bits per heavy atom. The number of rotatable bonds is 6. The molecule has 112 valence electrons. The summed E-state index contributed by atoms with van der Waals surface area (Å²) >= 11 is 0. The minimum absolute atomic E-state index is 0.0103. The fourth-order valence-corrected chi connectivity index (χ4v) is 1.62. The number of likely N-dealkylation sites (N-methyl/N-ethyl adjacent to an activating group) is 1. The minimum atomic E-state index is -0.366. The van der Waals surface area contributed by atoms with E-state index in [1.165, 1.54) is 0 Å². The maximum absolute atomic E-state index is 11.9. The largest absolute Gasteiger partial charge is 0.497 e. The van der Waals surface area contributed by atoms with E-state index >= 15 is 0 Å². The Morgan fingerprint density at radius 3 is 3.00 bits per heavy atom. The molecule has 1 heterocycles. The zero-order chi connectivity index (χ0) is 15.2. The normalized spacial score (nSPS) is 12.0. The number of hydrogen-bond acceptors (Lipinski definition) is 6. The lowest BCUT2D eigenvalue weighted by Gasteiger charge is -2.09. The SMILES string of the molecule is CNC(C)CNC(=O)c1noc(-c2cccc(OC)c2)n1. The average Bonchev–Trinajstić information content (AvgIpc) is 3.02. The molecule has 1 aromatic heterocycles. The molecule has 2 rings (SSSR count). The number of hydrogen-bond donors (Lipinski definition) is 2. The number of carbonyl (C=O) groups excluding carboxylic acids is 1. The van der Waals surface area contributed by atoms with Gasteiger partial charge in [0.25, 0.3) is 17.6 Å². The molecular weight excluding hydrogens is 272 g/mol. The molecule has 1 atom stereocenters. The maximum Gasteiger partial charge on any atom is 0.292 e. The van der Waals surface area contributed by atoms with Crippen molar-refractivity contribution < 1.29 is 14.1 Å². The Balaban J connectivity index is 2.08. The van der Waals surface area contributed by atoms with Crippen LogP contribution in [0.2, 0.25) is 0 Å². The molecular formula is C14H18N4O3. The number of nitrogens with one attached hydrogen (secondary N) is 2. The number of benzene rings is 1. The van der Waals surface area contributed by atoms with Crippen molar-refractivity contribution in [2.75, 3.05) is 20.7 Å². The van der Waals surface area contributed by atoms with Gasteiger partial charge >= 0.3 is 0 Å². The zero-order valence-electron chi connectivity index (χ0n) is 12.2. The second kappa shape index (κ2) is 6.85. The van der Waals surface area contributed by atoms with Crippen molar-refractivity contribution in [2.24, 2.45) is 0 Å². The number of amides is 1. The topological polar surface area (TPSA) is 89.3 Å². The van der Waals surface area contributed by atoms with Crippen LogP contribution < -0.4 is 15.4 Å². The van der Waals surface area contributed by atoms with Gasteiger partial charge in [0.15, 0.2) is 0 Å². The van der Waals surface area contributed by atoms with Gasteiger partial charge in [-0.05, 0) is 32.2 Å². The summed E-state index contributed by atoms with van der Waals surface area (Å²) in [5.74, 6) is 0.603. The fraction of sp³-hybridized carbons (Fsp3) is 0.357. The first-order valence-corrected chi connectivity index (χ1v) is 6.57. The Kier molecular flexibility index (Phi) is 4.89. The predicted octanol–water partition coefficient (Wildman–Crippen LogP) is 1.08. The van der Waals surface area contributed by atoms with Crippen LogP contribution >= 0.6 is 0 Å². The molecule has 2 aromatic rings. The van der Waals surface area contributed by atoms with Crippen LogP contribution in [0, 0.1) is 0 Å². The van der Waals surface area contributed by atoms with Gasteiger partial charge in [0.05, 0.1) is 7.11 Å². The van der Waals surface area contributed by atoms with E-state index in [2.05, 4.69) is 20.8 Å². The van der Waals surface area contributed by atoms with Crippen LogP contribution in [-0.4, -0.2) is 42.8 Å². The standard InChI is InChI=1S/C14H18N4O3/c1-9(15-2)8-16-13(19)12-17-14(21-18-12)10-5-4-6-11(7-10)20-3/h4-7,9,15H,8H2,1-3H3,(H,16,19). The Hall–Kier alpha value is -2.41. The van der Waals surface area contributed by atoms with Crippen LogP contribution in [0.25, 0.3) is 11.5 Å². The van der Waals surface area contributed by atoms with E-state index in [1.54, 1.807) is 19.2 Å². The van der Waals surface area contributed by atoms with Crippen LogP contribution in [0.1, 0.15) is 17.5 Å². The Bertz CT molecular complexity index is 612. The zero-order valence-corrected chi connectivity index (χ0v) is 12.2. The van der Waals surface area contributed by atoms with E-state index in [-0.39, 0.29) is 23.7 Å². The summed E-state index contributed by atoms with van der Waals surface area (Å²) in [7, 11) is 3.40. The van der Waals surface area contributed by atoms with Crippen LogP contribution in [0.15, 0.2) is 28.8 Å². The molecule has 0 fully saturated rings. The van der Waals surface area contributed by atoms with Crippen molar-refractivity contribution in [1.29, 1.82) is 0 Å². The Labute approximate surface area is 122 Å². The molecule has 1 aromatic carbocycles. The summed E-state index contributed by atoms with van der Waals surface area (Å²) in [6.07, 6.45) is 0. The number of aromatic nitrogens is 2. The Morgan fingerprint density at radius 1 is 1.48 bits per heavy atom. The van der Waals surface area contributed by atoms with E-state index in [0.717, 1.165) is 0 Å². The van der Waals surface area contributed by atoms with Crippen LogP contribution in [0.5, 0.6) is 5.75 Å². The highest BCUT2D eigenvalue weighted by Crippen LogP contribution is 2.21. The molecule has 1 amide bonds. The van der Waals surface area contributed by atoms with Crippen molar-refractivity contribution >= 4 is 5.91 Å². The van der Waals surface area contributed by atoms with E-state index in [1.807, 2.05) is 26.1 Å². The first kappa shape index (κ1) is 15.0. The molecule has 0 saturated heterocycles. The van der Waals surface area contributed by atoms with Crippen LogP contribution in [0.3, 0.4) is 0 Å². The smallest absolute Gasteiger partial charge is 0.292 e. The molecule has 0 saturated carbocycles. The summed E-state index contributed by atoms with van der Waals surface area (Å²) in [5.41, 5.74) is 0.699. The molecule has 0 aliphatic rings. The highest BCUT2D eigenvalue weighted by atomic mass is 16.5. The van der Waals surface area contributed by atoms with Gasteiger partial charge in [-0.3, -0.25) is 4.79 Å². The molecule has 0 aliphatic carbocycles. The predicted molar refractivity (Wildman–Crippen MR) is 77.1 cm³/mol. The summed E-state index contributed by atoms with van der Waals surface area (Å²) < 4.78 is 10.2. The summed E-state index contributed by atoms with van der Waals surface area (Å²) in [4.78, 5) is 16.0. The van der Waals surface area contributed by atoms with Crippen molar-refractivity contribution in [3.8, 4) is 17.2 Å². The molecule has 7 heteroatoms. The highest BCUT2D eigenvalue weighted by molar-refractivity contribution is 5.90. The van der Waals surface area contributed by atoms with Gasteiger partial charge in [-0.1, -0.05) is 11.2 Å². The first-order valence-electron chi connectivity index (χ1n) is 6.57. The summed E-state index contributed by atoms with van der Waals surface area (Å²) in [6, 6.07) is 7.36. The van der Waals surface area contributed by atoms with Gasteiger partial charge in [-0.2, -0.15) is 4.98 Å². The van der Waals surface area contributed by atoms with Crippen molar-refractivity contribution in [3.63, 3.8) is 0 Å². The molecule has 0 spiro atoms. The van der Waals surface area contributed by atoms with Crippen molar-refractivity contribution in [3.05, 3.63) is 30.1 Å². The number of ether oxygens (including phenoxy) is 1. The molecule has 21 heavy (non-hydrogen) atoms. The van der Waals surface area contributed by atoms with Crippen molar-refractivity contribution in [1.82, 2.24) is 20.8 Å². The third kappa shape index (κ3) is 3.79. The molecule has 2 N–H and O–H groups in total.